The highest BCUT2D eigenvalue weighted by atomic mass is 19.4. The first-order valence-electron chi connectivity index (χ1n) is 7.41. The largest absolute Gasteiger partial charge is 0.466 e. The summed E-state index contributed by atoms with van der Waals surface area (Å²) in [5.74, 6) is -2.61. The van der Waals surface area contributed by atoms with Crippen LogP contribution in [0.1, 0.15) is 43.7 Å². The maximum Gasteiger partial charge on any atom is 0.416 e. The van der Waals surface area contributed by atoms with Crippen LogP contribution in [0.5, 0.6) is 0 Å². The van der Waals surface area contributed by atoms with Crippen molar-refractivity contribution in [2.45, 2.75) is 45.4 Å². The molecular formula is C16H18F4O4. The molecule has 0 fully saturated rings. The van der Waals surface area contributed by atoms with Crippen molar-refractivity contribution in [1.29, 1.82) is 0 Å². The van der Waals surface area contributed by atoms with Crippen molar-refractivity contribution in [2.75, 3.05) is 6.61 Å². The Morgan fingerprint density at radius 1 is 1.08 bits per heavy atom. The Bertz CT molecular complexity index is 570. The summed E-state index contributed by atoms with van der Waals surface area (Å²) < 4.78 is 61.4. The molecule has 1 aromatic carbocycles. The molecule has 0 radical (unpaired) electrons. The Balaban J connectivity index is 2.52. The number of halogens is 4. The number of unbranched alkanes of at least 4 members (excludes halogenated alkanes) is 1. The van der Waals surface area contributed by atoms with E-state index in [1.54, 1.807) is 0 Å². The molecule has 0 amide bonds. The van der Waals surface area contributed by atoms with Gasteiger partial charge in [0.1, 0.15) is 12.4 Å². The van der Waals surface area contributed by atoms with E-state index in [1.165, 1.54) is 0 Å². The second-order valence-corrected chi connectivity index (χ2v) is 5.00. The number of carbonyl (C=O) groups excluding carboxylic acids is 2. The van der Waals surface area contributed by atoms with Crippen molar-refractivity contribution < 1.29 is 36.6 Å². The molecule has 0 saturated heterocycles. The zero-order valence-corrected chi connectivity index (χ0v) is 13.1. The average Bonchev–Trinajstić information content (AvgIpc) is 2.51. The van der Waals surface area contributed by atoms with Crippen LogP contribution in [0.4, 0.5) is 17.6 Å². The molecule has 134 valence electrons. The van der Waals surface area contributed by atoms with E-state index in [9.17, 15) is 27.2 Å². The third-order valence-electron chi connectivity index (χ3n) is 3.10. The van der Waals surface area contributed by atoms with Gasteiger partial charge in [-0.1, -0.05) is 19.4 Å². The van der Waals surface area contributed by atoms with Gasteiger partial charge in [0, 0.05) is 5.56 Å². The van der Waals surface area contributed by atoms with Crippen LogP contribution in [0, 0.1) is 5.82 Å². The van der Waals surface area contributed by atoms with Crippen LogP contribution >= 0.6 is 0 Å². The molecule has 8 heteroatoms. The monoisotopic (exact) mass is 350 g/mol. The van der Waals surface area contributed by atoms with E-state index in [2.05, 4.69) is 4.74 Å². The lowest BCUT2D eigenvalue weighted by Crippen LogP contribution is -2.14. The maximum atomic E-state index is 13.6. The fourth-order valence-electron chi connectivity index (χ4n) is 1.80. The van der Waals surface area contributed by atoms with E-state index in [0.717, 1.165) is 18.6 Å². The number of hydrogen-bond acceptors (Lipinski definition) is 4. The van der Waals surface area contributed by atoms with Crippen molar-refractivity contribution in [1.82, 2.24) is 0 Å². The van der Waals surface area contributed by atoms with Gasteiger partial charge in [-0.2, -0.15) is 13.2 Å². The van der Waals surface area contributed by atoms with E-state index in [-0.39, 0.29) is 19.4 Å². The van der Waals surface area contributed by atoms with E-state index in [0.29, 0.717) is 12.5 Å². The number of carbonyl (C=O) groups is 2. The fraction of sp³-hybridized carbons (Fsp3) is 0.500. The minimum atomic E-state index is -4.76. The van der Waals surface area contributed by atoms with Crippen molar-refractivity contribution in [3.05, 3.63) is 35.1 Å². The topological polar surface area (TPSA) is 52.6 Å². The summed E-state index contributed by atoms with van der Waals surface area (Å²) in [6.07, 6.45) is -3.80. The van der Waals surface area contributed by atoms with Gasteiger partial charge in [-0.15, -0.1) is 0 Å². The van der Waals surface area contributed by atoms with Crippen LogP contribution in [0.2, 0.25) is 0 Å². The first kappa shape index (κ1) is 19.9. The highest BCUT2D eigenvalue weighted by Gasteiger charge is 2.34. The fourth-order valence-corrected chi connectivity index (χ4v) is 1.80. The zero-order valence-electron chi connectivity index (χ0n) is 13.1. The van der Waals surface area contributed by atoms with Crippen LogP contribution in [-0.4, -0.2) is 18.5 Å². The van der Waals surface area contributed by atoms with Gasteiger partial charge in [0.25, 0.3) is 0 Å². The van der Waals surface area contributed by atoms with Gasteiger partial charge in [-0.05, 0) is 18.6 Å². The highest BCUT2D eigenvalue weighted by molar-refractivity contribution is 5.77. The Kier molecular flexibility index (Phi) is 7.67. The van der Waals surface area contributed by atoms with Crippen LogP contribution in [0.3, 0.4) is 0 Å². The third kappa shape index (κ3) is 6.55. The van der Waals surface area contributed by atoms with Crippen molar-refractivity contribution >= 4 is 11.9 Å². The Morgan fingerprint density at radius 3 is 2.29 bits per heavy atom. The number of rotatable bonds is 8. The summed E-state index contributed by atoms with van der Waals surface area (Å²) in [7, 11) is 0. The number of hydrogen-bond donors (Lipinski definition) is 0. The molecule has 0 aliphatic carbocycles. The molecule has 0 N–H and O–H groups in total. The van der Waals surface area contributed by atoms with E-state index in [4.69, 9.17) is 4.74 Å². The quantitative estimate of drug-likeness (QED) is 0.404. The van der Waals surface area contributed by atoms with Crippen LogP contribution in [-0.2, 0) is 31.8 Å². The summed E-state index contributed by atoms with van der Waals surface area (Å²) in [6.45, 7) is 1.31. The van der Waals surface area contributed by atoms with Crippen molar-refractivity contribution in [3.8, 4) is 0 Å². The lowest BCUT2D eigenvalue weighted by molar-refractivity contribution is -0.152. The van der Waals surface area contributed by atoms with Crippen LogP contribution < -0.4 is 0 Å². The number of ether oxygens (including phenoxy) is 2. The molecule has 0 spiro atoms. The van der Waals surface area contributed by atoms with Gasteiger partial charge < -0.3 is 9.47 Å². The first-order chi connectivity index (χ1) is 11.3. The van der Waals surface area contributed by atoms with E-state index in [1.807, 2.05) is 6.92 Å². The lowest BCUT2D eigenvalue weighted by atomic mass is 10.1. The summed E-state index contributed by atoms with van der Waals surface area (Å²) in [6, 6.07) is 2.48. The lowest BCUT2D eigenvalue weighted by Gasteiger charge is -2.13. The number of esters is 2. The standard InChI is InChI=1S/C16H18F4O4/c1-2-3-9-23-14(21)7-8-15(22)24-10-11-12(16(18,19)20)5-4-6-13(11)17/h4-6H,2-3,7-10H2,1H3. The molecule has 4 nitrogen and oxygen atoms in total. The van der Waals surface area contributed by atoms with Gasteiger partial charge in [-0.25, -0.2) is 4.39 Å². The summed E-state index contributed by atoms with van der Waals surface area (Å²) in [5, 5.41) is 0. The molecule has 1 rings (SSSR count). The van der Waals surface area contributed by atoms with Gasteiger partial charge in [0.05, 0.1) is 25.0 Å². The van der Waals surface area contributed by atoms with Gasteiger partial charge in [-0.3, -0.25) is 9.59 Å². The molecule has 24 heavy (non-hydrogen) atoms. The summed E-state index contributed by atoms with van der Waals surface area (Å²) in [5.41, 5.74) is -1.95. The average molecular weight is 350 g/mol. The number of alkyl halides is 3. The second-order valence-electron chi connectivity index (χ2n) is 5.00. The summed E-state index contributed by atoms with van der Waals surface area (Å²) >= 11 is 0. The molecule has 0 aliphatic rings. The van der Waals surface area contributed by atoms with Gasteiger partial charge in [0.15, 0.2) is 0 Å². The van der Waals surface area contributed by atoms with E-state index < -0.39 is 41.7 Å². The molecule has 0 bridgehead atoms. The van der Waals surface area contributed by atoms with Crippen molar-refractivity contribution in [3.63, 3.8) is 0 Å². The first-order valence-corrected chi connectivity index (χ1v) is 7.41. The predicted octanol–water partition coefficient (Wildman–Crippen LogP) is 4.01. The van der Waals surface area contributed by atoms with Crippen molar-refractivity contribution in [2.24, 2.45) is 0 Å². The molecule has 1 aromatic rings. The van der Waals surface area contributed by atoms with E-state index >= 15 is 0 Å². The highest BCUT2D eigenvalue weighted by Crippen LogP contribution is 2.33. The third-order valence-corrected chi connectivity index (χ3v) is 3.10. The second kappa shape index (κ2) is 9.24. The number of benzene rings is 1. The molecule has 0 atom stereocenters. The SMILES string of the molecule is CCCCOC(=O)CCC(=O)OCc1c(F)cccc1C(F)(F)F. The molecule has 0 aliphatic heterocycles. The Morgan fingerprint density at radius 2 is 1.71 bits per heavy atom. The van der Waals surface area contributed by atoms with Gasteiger partial charge in [0.2, 0.25) is 0 Å². The maximum absolute atomic E-state index is 13.6. The molecule has 0 heterocycles. The smallest absolute Gasteiger partial charge is 0.416 e. The molecule has 0 unspecified atom stereocenters. The predicted molar refractivity (Wildman–Crippen MR) is 76.3 cm³/mol. The minimum absolute atomic E-state index is 0.244. The van der Waals surface area contributed by atoms with Crippen LogP contribution in [0.15, 0.2) is 18.2 Å². The minimum Gasteiger partial charge on any atom is -0.466 e. The normalized spacial score (nSPS) is 11.2. The Hall–Kier alpha value is -2.12. The molecule has 0 aromatic heterocycles. The molecular weight excluding hydrogens is 332 g/mol. The van der Waals surface area contributed by atoms with Crippen LogP contribution in [0.25, 0.3) is 0 Å². The van der Waals surface area contributed by atoms with Gasteiger partial charge >= 0.3 is 18.1 Å². The zero-order chi connectivity index (χ0) is 18.2. The molecule has 0 saturated carbocycles. The summed E-state index contributed by atoms with van der Waals surface area (Å²) in [4.78, 5) is 22.8. The Labute approximate surface area is 136 Å².